The Morgan fingerprint density at radius 1 is 1.15 bits per heavy atom. The lowest BCUT2D eigenvalue weighted by Crippen LogP contribution is -2.44. The molecule has 1 atom stereocenters. The van der Waals surface area contributed by atoms with E-state index < -0.39 is 0 Å². The van der Waals surface area contributed by atoms with Crippen molar-refractivity contribution in [2.24, 2.45) is 10.4 Å². The Balaban J connectivity index is 1.49. The third kappa shape index (κ3) is 4.30. The molecule has 1 spiro atoms. The largest absolute Gasteiger partial charge is 0.379 e. The topological polar surface area (TPSA) is 40.1 Å². The number of ether oxygens (including phenoxy) is 1. The molecule has 4 rings (SSSR count). The van der Waals surface area contributed by atoms with Crippen LogP contribution in [-0.4, -0.2) is 68.2 Å². The highest BCUT2D eigenvalue weighted by Gasteiger charge is 2.43. The van der Waals surface area contributed by atoms with Crippen LogP contribution in [0.25, 0.3) is 0 Å². The summed E-state index contributed by atoms with van der Waals surface area (Å²) >= 11 is 0. The summed E-state index contributed by atoms with van der Waals surface area (Å²) in [6.45, 7) is 9.85. The van der Waals surface area contributed by atoms with Crippen LogP contribution in [0.2, 0.25) is 0 Å². The summed E-state index contributed by atoms with van der Waals surface area (Å²) in [5, 5.41) is 3.55. The molecule has 2 heterocycles. The van der Waals surface area contributed by atoms with Crippen LogP contribution in [0, 0.1) is 5.41 Å². The predicted molar refractivity (Wildman–Crippen MR) is 110 cm³/mol. The number of aliphatic imine (C=N–C) groups is 1. The molecule has 27 heavy (non-hydrogen) atoms. The molecule has 2 aliphatic heterocycles. The van der Waals surface area contributed by atoms with Gasteiger partial charge in [-0.25, -0.2) is 0 Å². The van der Waals surface area contributed by atoms with E-state index in [2.05, 4.69) is 52.4 Å². The molecule has 3 aliphatic rings. The molecule has 1 aromatic carbocycles. The van der Waals surface area contributed by atoms with E-state index in [4.69, 9.17) is 9.73 Å². The second kappa shape index (κ2) is 8.61. The highest BCUT2D eigenvalue weighted by Crippen LogP contribution is 2.47. The predicted octanol–water partition coefficient (Wildman–Crippen LogP) is 2.90. The number of morpholine rings is 1. The van der Waals surface area contributed by atoms with Crippen molar-refractivity contribution in [3.05, 3.63) is 35.9 Å². The van der Waals surface area contributed by atoms with Crippen LogP contribution in [0.5, 0.6) is 0 Å². The van der Waals surface area contributed by atoms with Crippen LogP contribution in [-0.2, 0) is 4.74 Å². The van der Waals surface area contributed by atoms with Crippen molar-refractivity contribution < 1.29 is 4.74 Å². The number of hydrogen-bond donors (Lipinski definition) is 1. The van der Waals surface area contributed by atoms with E-state index in [9.17, 15) is 0 Å². The minimum absolute atomic E-state index is 0.323. The number of hydrogen-bond acceptors (Lipinski definition) is 3. The van der Waals surface area contributed by atoms with Crippen LogP contribution in [0.15, 0.2) is 35.3 Å². The minimum Gasteiger partial charge on any atom is -0.379 e. The lowest BCUT2D eigenvalue weighted by molar-refractivity contribution is 0.0179. The zero-order chi connectivity index (χ0) is 18.5. The SMILES string of the molecule is CCNC(=NCC(c1ccccc1)N1CCOCC1)N1CCC2(CCC2)C1. The van der Waals surface area contributed by atoms with Gasteiger partial charge in [0, 0.05) is 32.7 Å². The Hall–Kier alpha value is -1.59. The molecule has 148 valence electrons. The van der Waals surface area contributed by atoms with Gasteiger partial charge in [0.15, 0.2) is 5.96 Å². The van der Waals surface area contributed by atoms with Crippen molar-refractivity contribution in [2.45, 2.75) is 38.6 Å². The van der Waals surface area contributed by atoms with Crippen molar-refractivity contribution in [1.82, 2.24) is 15.1 Å². The van der Waals surface area contributed by atoms with E-state index >= 15 is 0 Å². The molecule has 0 radical (unpaired) electrons. The number of rotatable bonds is 5. The smallest absolute Gasteiger partial charge is 0.194 e. The van der Waals surface area contributed by atoms with Crippen LogP contribution in [0.4, 0.5) is 0 Å². The fourth-order valence-electron chi connectivity index (χ4n) is 4.80. The summed E-state index contributed by atoms with van der Waals surface area (Å²) in [4.78, 5) is 10.2. The molecule has 3 fully saturated rings. The molecule has 1 aliphatic carbocycles. The quantitative estimate of drug-likeness (QED) is 0.639. The van der Waals surface area contributed by atoms with Crippen LogP contribution in [0.3, 0.4) is 0 Å². The average Bonchev–Trinajstić information content (AvgIpc) is 3.15. The van der Waals surface area contributed by atoms with Crippen LogP contribution >= 0.6 is 0 Å². The zero-order valence-corrected chi connectivity index (χ0v) is 16.7. The Kier molecular flexibility index (Phi) is 5.98. The highest BCUT2D eigenvalue weighted by atomic mass is 16.5. The van der Waals surface area contributed by atoms with E-state index in [-0.39, 0.29) is 0 Å². The van der Waals surface area contributed by atoms with Gasteiger partial charge in [0.2, 0.25) is 0 Å². The fraction of sp³-hybridized carbons (Fsp3) is 0.682. The maximum atomic E-state index is 5.57. The Bertz CT molecular complexity index is 622. The molecule has 0 bridgehead atoms. The molecule has 0 amide bonds. The van der Waals surface area contributed by atoms with Crippen molar-refractivity contribution in [2.75, 3.05) is 52.5 Å². The van der Waals surface area contributed by atoms with E-state index in [1.54, 1.807) is 0 Å². The summed E-state index contributed by atoms with van der Waals surface area (Å²) in [6, 6.07) is 11.2. The second-order valence-corrected chi connectivity index (χ2v) is 8.29. The highest BCUT2D eigenvalue weighted by molar-refractivity contribution is 5.80. The van der Waals surface area contributed by atoms with Gasteiger partial charge in [-0.1, -0.05) is 36.8 Å². The van der Waals surface area contributed by atoms with E-state index in [1.165, 1.54) is 37.8 Å². The molecule has 2 saturated heterocycles. The van der Waals surface area contributed by atoms with E-state index in [0.717, 1.165) is 51.9 Å². The summed E-state index contributed by atoms with van der Waals surface area (Å²) in [6.07, 6.45) is 5.56. The maximum Gasteiger partial charge on any atom is 0.194 e. The van der Waals surface area contributed by atoms with Gasteiger partial charge in [-0.15, -0.1) is 0 Å². The molecule has 1 saturated carbocycles. The van der Waals surface area contributed by atoms with E-state index in [1.807, 2.05) is 0 Å². The van der Waals surface area contributed by atoms with Gasteiger partial charge in [-0.3, -0.25) is 9.89 Å². The van der Waals surface area contributed by atoms with Crippen LogP contribution < -0.4 is 5.32 Å². The maximum absolute atomic E-state index is 5.57. The lowest BCUT2D eigenvalue weighted by Gasteiger charge is -2.38. The zero-order valence-electron chi connectivity index (χ0n) is 16.7. The first kappa shape index (κ1) is 18.8. The van der Waals surface area contributed by atoms with Gasteiger partial charge < -0.3 is 15.0 Å². The normalized spacial score (nSPS) is 24.0. The van der Waals surface area contributed by atoms with Gasteiger partial charge in [0.25, 0.3) is 0 Å². The average molecular weight is 371 g/mol. The minimum atomic E-state index is 0.323. The van der Waals surface area contributed by atoms with Gasteiger partial charge in [-0.05, 0) is 37.2 Å². The van der Waals surface area contributed by atoms with Crippen molar-refractivity contribution in [3.63, 3.8) is 0 Å². The summed E-state index contributed by atoms with van der Waals surface area (Å²) in [5.41, 5.74) is 1.95. The van der Waals surface area contributed by atoms with E-state index in [0.29, 0.717) is 11.5 Å². The second-order valence-electron chi connectivity index (χ2n) is 8.29. The third-order valence-corrected chi connectivity index (χ3v) is 6.57. The van der Waals surface area contributed by atoms with Crippen LogP contribution in [0.1, 0.15) is 44.2 Å². The molecule has 5 nitrogen and oxygen atoms in total. The first-order valence-electron chi connectivity index (χ1n) is 10.7. The Morgan fingerprint density at radius 3 is 2.56 bits per heavy atom. The number of nitrogens with zero attached hydrogens (tertiary/aromatic N) is 3. The van der Waals surface area contributed by atoms with Gasteiger partial charge in [0.05, 0.1) is 25.8 Å². The molecule has 1 aromatic rings. The molecule has 5 heteroatoms. The number of guanidine groups is 1. The van der Waals surface area contributed by atoms with Gasteiger partial charge in [-0.2, -0.15) is 0 Å². The molecule has 1 unspecified atom stereocenters. The van der Waals surface area contributed by atoms with Crippen molar-refractivity contribution >= 4 is 5.96 Å². The first-order valence-corrected chi connectivity index (χ1v) is 10.7. The number of benzene rings is 1. The summed E-state index contributed by atoms with van der Waals surface area (Å²) in [5.74, 6) is 1.11. The Morgan fingerprint density at radius 2 is 1.93 bits per heavy atom. The van der Waals surface area contributed by atoms with Gasteiger partial charge in [0.1, 0.15) is 0 Å². The van der Waals surface area contributed by atoms with Crippen molar-refractivity contribution in [3.8, 4) is 0 Å². The number of nitrogens with one attached hydrogen (secondary N) is 1. The lowest BCUT2D eigenvalue weighted by atomic mass is 9.68. The molecule has 0 aromatic heterocycles. The summed E-state index contributed by atoms with van der Waals surface area (Å²) in [7, 11) is 0. The summed E-state index contributed by atoms with van der Waals surface area (Å²) < 4.78 is 5.57. The molecule has 1 N–H and O–H groups in total. The molecular weight excluding hydrogens is 336 g/mol. The number of likely N-dealkylation sites (tertiary alicyclic amines) is 1. The first-order chi connectivity index (χ1) is 13.3. The standard InChI is InChI=1S/C22H34N4O/c1-2-23-21(26-12-11-22(18-26)9-6-10-22)24-17-20(19-7-4-3-5-8-19)25-13-15-27-16-14-25/h3-5,7-8,20H,2,6,9-18H2,1H3,(H,23,24). The molecular formula is C22H34N4O. The fourth-order valence-corrected chi connectivity index (χ4v) is 4.80. The van der Waals surface area contributed by atoms with Crippen molar-refractivity contribution in [1.29, 1.82) is 0 Å². The Labute approximate surface area is 163 Å². The van der Waals surface area contributed by atoms with Gasteiger partial charge >= 0.3 is 0 Å². The third-order valence-electron chi connectivity index (χ3n) is 6.57. The monoisotopic (exact) mass is 370 g/mol.